The molecule has 0 atom stereocenters. The lowest BCUT2D eigenvalue weighted by molar-refractivity contribution is -0.116. The summed E-state index contributed by atoms with van der Waals surface area (Å²) < 4.78 is 0. The minimum absolute atomic E-state index is 0.0499. The van der Waals surface area contributed by atoms with E-state index >= 15 is 0 Å². The maximum atomic E-state index is 12.9. The number of aryl methyl sites for hydroxylation is 1. The van der Waals surface area contributed by atoms with Gasteiger partial charge in [-0.05, 0) is 63.8 Å². The predicted octanol–water partition coefficient (Wildman–Crippen LogP) is 4.02. The van der Waals surface area contributed by atoms with E-state index in [4.69, 9.17) is 0 Å². The van der Waals surface area contributed by atoms with Gasteiger partial charge in [-0.15, -0.1) is 0 Å². The van der Waals surface area contributed by atoms with Gasteiger partial charge in [0.15, 0.2) is 0 Å². The Bertz CT molecular complexity index is 813. The van der Waals surface area contributed by atoms with Crippen LogP contribution in [0.1, 0.15) is 56.0 Å². The first-order chi connectivity index (χ1) is 13.9. The summed E-state index contributed by atoms with van der Waals surface area (Å²) in [4.78, 5) is 28.8. The van der Waals surface area contributed by atoms with Crippen molar-refractivity contribution in [3.8, 4) is 0 Å². The first-order valence-corrected chi connectivity index (χ1v) is 10.7. The van der Waals surface area contributed by atoms with Gasteiger partial charge in [-0.2, -0.15) is 0 Å². The SMILES string of the molecule is CC(C)=CCC/C(C)=C/CN1CCN(C(=O)c2ccc3c(c2)CCC(=O)N3)CC1. The van der Waals surface area contributed by atoms with Crippen LogP contribution in [0.5, 0.6) is 0 Å². The number of anilines is 1. The summed E-state index contributed by atoms with van der Waals surface area (Å²) in [5.74, 6) is 0.145. The molecule has 1 saturated heterocycles. The Kier molecular flexibility index (Phi) is 7.26. The molecular weight excluding hydrogens is 362 g/mol. The average molecular weight is 396 g/mol. The largest absolute Gasteiger partial charge is 0.336 e. The van der Waals surface area contributed by atoms with Gasteiger partial charge in [0.05, 0.1) is 0 Å². The highest BCUT2D eigenvalue weighted by molar-refractivity contribution is 5.98. The lowest BCUT2D eigenvalue weighted by Crippen LogP contribution is -2.48. The zero-order valence-corrected chi connectivity index (χ0v) is 18.0. The first kappa shape index (κ1) is 21.3. The lowest BCUT2D eigenvalue weighted by Gasteiger charge is -2.34. The van der Waals surface area contributed by atoms with Crippen molar-refractivity contribution in [2.45, 2.75) is 46.5 Å². The zero-order valence-electron chi connectivity index (χ0n) is 18.0. The van der Waals surface area contributed by atoms with E-state index < -0.39 is 0 Å². The summed E-state index contributed by atoms with van der Waals surface area (Å²) in [6.07, 6.45) is 8.03. The van der Waals surface area contributed by atoms with E-state index in [0.717, 1.165) is 62.4 Å². The van der Waals surface area contributed by atoms with Crippen molar-refractivity contribution in [3.63, 3.8) is 0 Å². The van der Waals surface area contributed by atoms with Crippen molar-refractivity contribution in [1.82, 2.24) is 9.80 Å². The van der Waals surface area contributed by atoms with Crippen molar-refractivity contribution in [3.05, 3.63) is 52.6 Å². The number of benzene rings is 1. The number of hydrogen-bond acceptors (Lipinski definition) is 3. The number of nitrogens with one attached hydrogen (secondary N) is 1. The van der Waals surface area contributed by atoms with Crippen molar-refractivity contribution < 1.29 is 9.59 Å². The molecule has 0 aromatic heterocycles. The van der Waals surface area contributed by atoms with E-state index in [-0.39, 0.29) is 11.8 Å². The molecule has 2 heterocycles. The quantitative estimate of drug-likeness (QED) is 0.740. The Morgan fingerprint density at radius 3 is 2.55 bits per heavy atom. The third-order valence-electron chi connectivity index (χ3n) is 5.70. The van der Waals surface area contributed by atoms with Crippen LogP contribution in [-0.4, -0.2) is 54.3 Å². The number of nitrogens with zero attached hydrogens (tertiary/aromatic N) is 2. The van der Waals surface area contributed by atoms with E-state index in [1.54, 1.807) is 0 Å². The Morgan fingerprint density at radius 2 is 1.83 bits per heavy atom. The molecular formula is C24H33N3O2. The summed E-state index contributed by atoms with van der Waals surface area (Å²) in [6.45, 7) is 10.8. The van der Waals surface area contributed by atoms with Gasteiger partial charge in [0.2, 0.25) is 5.91 Å². The molecule has 5 heteroatoms. The van der Waals surface area contributed by atoms with E-state index in [1.807, 2.05) is 23.1 Å². The highest BCUT2D eigenvalue weighted by Crippen LogP contribution is 2.24. The van der Waals surface area contributed by atoms with Crippen LogP contribution in [0.15, 0.2) is 41.5 Å². The van der Waals surface area contributed by atoms with Crippen molar-refractivity contribution in [2.24, 2.45) is 0 Å². The molecule has 1 N–H and O–H groups in total. The Labute approximate surface area is 174 Å². The first-order valence-electron chi connectivity index (χ1n) is 10.7. The van der Waals surface area contributed by atoms with Gasteiger partial charge in [0.1, 0.15) is 0 Å². The smallest absolute Gasteiger partial charge is 0.253 e. The van der Waals surface area contributed by atoms with Crippen molar-refractivity contribution in [1.29, 1.82) is 0 Å². The minimum atomic E-state index is 0.0499. The molecule has 2 aliphatic rings. The number of piperazine rings is 1. The molecule has 29 heavy (non-hydrogen) atoms. The topological polar surface area (TPSA) is 52.7 Å². The number of carbonyl (C=O) groups is 2. The van der Waals surface area contributed by atoms with Gasteiger partial charge in [0, 0.05) is 50.4 Å². The molecule has 0 aliphatic carbocycles. The molecule has 156 valence electrons. The summed E-state index contributed by atoms with van der Waals surface area (Å²) in [6, 6.07) is 5.64. The highest BCUT2D eigenvalue weighted by atomic mass is 16.2. The number of carbonyl (C=O) groups excluding carboxylic acids is 2. The number of fused-ring (bicyclic) bond motifs is 1. The summed E-state index contributed by atoms with van der Waals surface area (Å²) in [5, 5.41) is 2.87. The van der Waals surface area contributed by atoms with E-state index in [1.165, 1.54) is 11.1 Å². The molecule has 5 nitrogen and oxygen atoms in total. The standard InChI is InChI=1S/C24H33N3O2/c1-18(2)5-4-6-19(3)11-12-26-13-15-27(16-14-26)24(29)21-7-9-22-20(17-21)8-10-23(28)25-22/h5,7,9,11,17H,4,6,8,10,12-16H2,1-3H3,(H,25,28)/b19-11+. The van der Waals surface area contributed by atoms with Crippen molar-refractivity contribution in [2.75, 3.05) is 38.0 Å². The Hall–Kier alpha value is -2.40. The molecule has 0 unspecified atom stereocenters. The van der Waals surface area contributed by atoms with Crippen LogP contribution in [0, 0.1) is 0 Å². The number of allylic oxidation sites excluding steroid dienone is 3. The molecule has 0 saturated carbocycles. The molecule has 1 aromatic carbocycles. The fourth-order valence-electron chi connectivity index (χ4n) is 3.81. The fraction of sp³-hybridized carbons (Fsp3) is 0.500. The van der Waals surface area contributed by atoms with Gasteiger partial charge in [-0.1, -0.05) is 23.3 Å². The van der Waals surface area contributed by atoms with Crippen LogP contribution in [-0.2, 0) is 11.2 Å². The average Bonchev–Trinajstić information content (AvgIpc) is 2.71. The second-order valence-electron chi connectivity index (χ2n) is 8.38. The predicted molar refractivity (Wildman–Crippen MR) is 118 cm³/mol. The molecule has 3 rings (SSSR count). The maximum Gasteiger partial charge on any atom is 0.253 e. The van der Waals surface area contributed by atoms with Crippen LogP contribution in [0.25, 0.3) is 0 Å². The summed E-state index contributed by atoms with van der Waals surface area (Å²) >= 11 is 0. The number of hydrogen-bond donors (Lipinski definition) is 1. The molecule has 0 bridgehead atoms. The van der Waals surface area contributed by atoms with Crippen LogP contribution >= 0.6 is 0 Å². The molecule has 2 aliphatic heterocycles. The zero-order chi connectivity index (χ0) is 20.8. The van der Waals surface area contributed by atoms with Crippen LogP contribution in [0.3, 0.4) is 0 Å². The minimum Gasteiger partial charge on any atom is -0.336 e. The monoisotopic (exact) mass is 395 g/mol. The Morgan fingerprint density at radius 1 is 1.07 bits per heavy atom. The van der Waals surface area contributed by atoms with Crippen LogP contribution in [0.4, 0.5) is 5.69 Å². The summed E-state index contributed by atoms with van der Waals surface area (Å²) in [5.41, 5.74) is 5.44. The number of amides is 2. The van der Waals surface area contributed by atoms with Crippen molar-refractivity contribution >= 4 is 17.5 Å². The van der Waals surface area contributed by atoms with E-state index in [0.29, 0.717) is 12.8 Å². The Balaban J connectivity index is 1.48. The van der Waals surface area contributed by atoms with Gasteiger partial charge >= 0.3 is 0 Å². The second kappa shape index (κ2) is 9.88. The second-order valence-corrected chi connectivity index (χ2v) is 8.38. The molecule has 0 spiro atoms. The third kappa shape index (κ3) is 6.04. The lowest BCUT2D eigenvalue weighted by atomic mass is 10.00. The molecule has 2 amide bonds. The molecule has 0 radical (unpaired) electrons. The molecule has 1 aromatic rings. The van der Waals surface area contributed by atoms with Gasteiger partial charge in [-0.25, -0.2) is 0 Å². The van der Waals surface area contributed by atoms with Gasteiger partial charge in [-0.3, -0.25) is 14.5 Å². The van der Waals surface area contributed by atoms with Gasteiger partial charge in [0.25, 0.3) is 5.91 Å². The maximum absolute atomic E-state index is 12.9. The fourth-order valence-corrected chi connectivity index (χ4v) is 3.81. The molecule has 1 fully saturated rings. The van der Waals surface area contributed by atoms with E-state index in [9.17, 15) is 9.59 Å². The van der Waals surface area contributed by atoms with Crippen LogP contribution < -0.4 is 5.32 Å². The van der Waals surface area contributed by atoms with Gasteiger partial charge < -0.3 is 10.2 Å². The normalized spacial score (nSPS) is 17.6. The van der Waals surface area contributed by atoms with E-state index in [2.05, 4.69) is 43.1 Å². The highest BCUT2D eigenvalue weighted by Gasteiger charge is 2.23. The summed E-state index contributed by atoms with van der Waals surface area (Å²) in [7, 11) is 0. The number of rotatable bonds is 6. The third-order valence-corrected chi connectivity index (χ3v) is 5.70. The van der Waals surface area contributed by atoms with Crippen LogP contribution in [0.2, 0.25) is 0 Å².